The molecule has 0 aliphatic carbocycles. The third-order valence-electron chi connectivity index (χ3n) is 2.92. The van der Waals surface area contributed by atoms with Crippen molar-refractivity contribution in [3.05, 3.63) is 34.5 Å². The Morgan fingerprint density at radius 3 is 2.94 bits per heavy atom. The Labute approximate surface area is 110 Å². The number of aromatic nitrogens is 3. The number of aryl methyl sites for hydroxylation is 1. The number of amides is 1. The number of carbonyl (C=O) groups is 1. The Hall–Kier alpha value is -1.69. The van der Waals surface area contributed by atoms with Gasteiger partial charge in [0.05, 0.1) is 6.54 Å². The third kappa shape index (κ3) is 2.59. The molecule has 0 spiro atoms. The molecule has 0 radical (unpaired) electrons. The van der Waals surface area contributed by atoms with Crippen molar-refractivity contribution in [2.75, 3.05) is 7.05 Å². The lowest BCUT2D eigenvalue weighted by Gasteiger charge is -2.21. The molecule has 5 nitrogen and oxygen atoms in total. The molecule has 96 valence electrons. The predicted octanol–water partition coefficient (Wildman–Crippen LogP) is 1.87. The second kappa shape index (κ2) is 5.30. The van der Waals surface area contributed by atoms with Crippen LogP contribution in [0.5, 0.6) is 0 Å². The van der Waals surface area contributed by atoms with Crippen LogP contribution in [0.2, 0.25) is 0 Å². The molecule has 0 aliphatic rings. The third-order valence-corrected chi connectivity index (χ3v) is 3.92. The maximum atomic E-state index is 12.2. The fraction of sp³-hybridized carbons (Fsp3) is 0.417. The van der Waals surface area contributed by atoms with Gasteiger partial charge in [0.15, 0.2) is 0 Å². The van der Waals surface area contributed by atoms with Crippen LogP contribution in [0.4, 0.5) is 0 Å². The summed E-state index contributed by atoms with van der Waals surface area (Å²) in [4.78, 5) is 19.0. The SMILES string of the molecule is Cc1ccsc1CN(C)C(=O)C(C)n1cncn1. The molecule has 2 heterocycles. The topological polar surface area (TPSA) is 51.0 Å². The van der Waals surface area contributed by atoms with Gasteiger partial charge in [-0.3, -0.25) is 4.79 Å². The number of hydrogen-bond donors (Lipinski definition) is 0. The van der Waals surface area contributed by atoms with Crippen LogP contribution in [0.25, 0.3) is 0 Å². The van der Waals surface area contributed by atoms with Crippen LogP contribution in [0.3, 0.4) is 0 Å². The van der Waals surface area contributed by atoms with E-state index >= 15 is 0 Å². The summed E-state index contributed by atoms with van der Waals surface area (Å²) < 4.78 is 1.57. The van der Waals surface area contributed by atoms with Crippen LogP contribution in [0.15, 0.2) is 24.1 Å². The van der Waals surface area contributed by atoms with E-state index in [9.17, 15) is 4.79 Å². The number of thiophene rings is 1. The molecule has 1 atom stereocenters. The molecule has 18 heavy (non-hydrogen) atoms. The van der Waals surface area contributed by atoms with Gasteiger partial charge in [0.1, 0.15) is 18.7 Å². The minimum atomic E-state index is -0.322. The molecule has 0 aromatic carbocycles. The molecule has 2 aromatic rings. The summed E-state index contributed by atoms with van der Waals surface area (Å²) in [6.45, 7) is 4.53. The van der Waals surface area contributed by atoms with Gasteiger partial charge in [-0.25, -0.2) is 9.67 Å². The van der Waals surface area contributed by atoms with Crippen molar-refractivity contribution < 1.29 is 4.79 Å². The molecular weight excluding hydrogens is 248 g/mol. The smallest absolute Gasteiger partial charge is 0.247 e. The fourth-order valence-corrected chi connectivity index (χ4v) is 2.67. The highest BCUT2D eigenvalue weighted by Crippen LogP contribution is 2.18. The zero-order chi connectivity index (χ0) is 13.1. The standard InChI is InChI=1S/C12H16N4OS/c1-9-4-5-18-11(9)6-15(3)12(17)10(2)16-8-13-7-14-16/h4-5,7-8,10H,6H2,1-3H3. The maximum absolute atomic E-state index is 12.2. The van der Waals surface area contributed by atoms with E-state index in [-0.39, 0.29) is 11.9 Å². The number of likely N-dealkylation sites (N-methyl/N-ethyl adjacent to an activating group) is 1. The van der Waals surface area contributed by atoms with Gasteiger partial charge in [0, 0.05) is 11.9 Å². The first kappa shape index (κ1) is 12.8. The van der Waals surface area contributed by atoms with Gasteiger partial charge in [0.25, 0.3) is 0 Å². The maximum Gasteiger partial charge on any atom is 0.247 e. The molecule has 0 saturated heterocycles. The van der Waals surface area contributed by atoms with Crippen molar-refractivity contribution in [1.82, 2.24) is 19.7 Å². The zero-order valence-electron chi connectivity index (χ0n) is 10.7. The van der Waals surface area contributed by atoms with Crippen molar-refractivity contribution in [2.24, 2.45) is 0 Å². The van der Waals surface area contributed by atoms with Crippen LogP contribution < -0.4 is 0 Å². The number of rotatable bonds is 4. The predicted molar refractivity (Wildman–Crippen MR) is 70.3 cm³/mol. The Kier molecular flexibility index (Phi) is 3.76. The average molecular weight is 264 g/mol. The summed E-state index contributed by atoms with van der Waals surface area (Å²) in [5.74, 6) is 0.0355. The summed E-state index contributed by atoms with van der Waals surface area (Å²) in [5.41, 5.74) is 1.23. The number of hydrogen-bond acceptors (Lipinski definition) is 4. The van der Waals surface area contributed by atoms with Crippen LogP contribution in [0.1, 0.15) is 23.4 Å². The van der Waals surface area contributed by atoms with Crippen LogP contribution >= 0.6 is 11.3 Å². The fourth-order valence-electron chi connectivity index (χ4n) is 1.71. The van der Waals surface area contributed by atoms with Gasteiger partial charge in [-0.1, -0.05) is 0 Å². The highest BCUT2D eigenvalue weighted by Gasteiger charge is 2.20. The molecule has 0 saturated carbocycles. The highest BCUT2D eigenvalue weighted by molar-refractivity contribution is 7.10. The average Bonchev–Trinajstić information content (AvgIpc) is 3.00. The molecule has 2 aromatic heterocycles. The lowest BCUT2D eigenvalue weighted by atomic mass is 10.2. The first-order chi connectivity index (χ1) is 8.59. The molecule has 0 N–H and O–H groups in total. The van der Waals surface area contributed by atoms with Gasteiger partial charge in [-0.15, -0.1) is 11.3 Å². The number of nitrogens with zero attached hydrogens (tertiary/aromatic N) is 4. The van der Waals surface area contributed by atoms with E-state index < -0.39 is 0 Å². The van der Waals surface area contributed by atoms with Crippen LogP contribution in [-0.2, 0) is 11.3 Å². The summed E-state index contributed by atoms with van der Waals surface area (Å²) >= 11 is 1.68. The van der Waals surface area contributed by atoms with Gasteiger partial charge < -0.3 is 4.90 Å². The molecule has 0 fully saturated rings. The second-order valence-electron chi connectivity index (χ2n) is 4.27. The summed E-state index contributed by atoms with van der Waals surface area (Å²) in [5, 5.41) is 6.04. The van der Waals surface area contributed by atoms with E-state index in [2.05, 4.69) is 23.1 Å². The Morgan fingerprint density at radius 2 is 2.39 bits per heavy atom. The molecule has 1 unspecified atom stereocenters. The first-order valence-electron chi connectivity index (χ1n) is 5.71. The second-order valence-corrected chi connectivity index (χ2v) is 5.27. The van der Waals surface area contributed by atoms with Crippen molar-refractivity contribution >= 4 is 17.2 Å². The van der Waals surface area contributed by atoms with Crippen molar-refractivity contribution in [3.63, 3.8) is 0 Å². The summed E-state index contributed by atoms with van der Waals surface area (Å²) in [6.07, 6.45) is 3.00. The van der Waals surface area contributed by atoms with E-state index in [4.69, 9.17) is 0 Å². The van der Waals surface area contributed by atoms with Crippen LogP contribution in [-0.4, -0.2) is 32.6 Å². The highest BCUT2D eigenvalue weighted by atomic mass is 32.1. The van der Waals surface area contributed by atoms with E-state index in [0.717, 1.165) is 0 Å². The van der Waals surface area contributed by atoms with Crippen molar-refractivity contribution in [2.45, 2.75) is 26.4 Å². The van der Waals surface area contributed by atoms with E-state index in [0.29, 0.717) is 6.54 Å². The molecule has 0 aliphatic heterocycles. The number of carbonyl (C=O) groups excluding carboxylic acids is 1. The molecule has 6 heteroatoms. The van der Waals surface area contributed by atoms with Crippen LogP contribution in [0, 0.1) is 6.92 Å². The van der Waals surface area contributed by atoms with Gasteiger partial charge in [-0.2, -0.15) is 5.10 Å². The minimum absolute atomic E-state index is 0.0355. The van der Waals surface area contributed by atoms with Crippen molar-refractivity contribution in [1.29, 1.82) is 0 Å². The summed E-state index contributed by atoms with van der Waals surface area (Å²) in [6, 6.07) is 1.75. The van der Waals surface area contributed by atoms with E-state index in [1.807, 2.05) is 19.4 Å². The quantitative estimate of drug-likeness (QED) is 0.847. The Morgan fingerprint density at radius 1 is 1.61 bits per heavy atom. The lowest BCUT2D eigenvalue weighted by Crippen LogP contribution is -2.32. The van der Waals surface area contributed by atoms with E-state index in [1.165, 1.54) is 16.8 Å². The molecule has 1 amide bonds. The van der Waals surface area contributed by atoms with Gasteiger partial charge in [0.2, 0.25) is 5.91 Å². The van der Waals surface area contributed by atoms with Crippen molar-refractivity contribution in [3.8, 4) is 0 Å². The molecular formula is C12H16N4OS. The molecule has 0 bridgehead atoms. The van der Waals surface area contributed by atoms with Gasteiger partial charge >= 0.3 is 0 Å². The zero-order valence-corrected chi connectivity index (χ0v) is 11.5. The first-order valence-corrected chi connectivity index (χ1v) is 6.59. The van der Waals surface area contributed by atoms with Gasteiger partial charge in [-0.05, 0) is 30.9 Å². The largest absolute Gasteiger partial charge is 0.339 e. The lowest BCUT2D eigenvalue weighted by molar-refractivity contribution is -0.133. The monoisotopic (exact) mass is 264 g/mol. The normalized spacial score (nSPS) is 12.4. The van der Waals surface area contributed by atoms with E-state index in [1.54, 1.807) is 27.2 Å². The summed E-state index contributed by atoms with van der Waals surface area (Å²) in [7, 11) is 1.81. The Bertz CT molecular complexity index is 520. The molecule has 2 rings (SSSR count). The minimum Gasteiger partial charge on any atom is -0.339 e. The Balaban J connectivity index is 2.03.